The quantitative estimate of drug-likeness (QED) is 0.488. The van der Waals surface area contributed by atoms with E-state index in [0.717, 1.165) is 50.0 Å². The third-order valence-corrected chi connectivity index (χ3v) is 7.36. The van der Waals surface area contributed by atoms with Crippen LogP contribution >= 0.6 is 11.3 Å². The zero-order chi connectivity index (χ0) is 24.4. The molecular formula is C27H28N4O3S. The smallest absolute Gasteiger partial charge is 0.253 e. The van der Waals surface area contributed by atoms with Gasteiger partial charge in [0.15, 0.2) is 0 Å². The number of aliphatic hydroxyl groups excluding tert-OH is 1. The molecule has 0 atom stereocenters. The summed E-state index contributed by atoms with van der Waals surface area (Å²) < 4.78 is 5.57. The number of nitrogens with one attached hydrogen (secondary N) is 1. The molecular weight excluding hydrogens is 460 g/mol. The van der Waals surface area contributed by atoms with Crippen molar-refractivity contribution < 1.29 is 14.6 Å². The number of thiazole rings is 1. The number of carbonyl (C=O) groups excluding carboxylic acids is 1. The Kier molecular flexibility index (Phi) is 6.55. The highest BCUT2D eigenvalue weighted by Crippen LogP contribution is 2.38. The number of benzene rings is 2. The lowest BCUT2D eigenvalue weighted by Gasteiger charge is -2.24. The van der Waals surface area contributed by atoms with Gasteiger partial charge in [-0.05, 0) is 31.0 Å². The standard InChI is InChI=1S/C27H28N4O3S/c1-34-23-12-11-19(27(33)30-13-7-2-3-8-14-30)15-21(23)31-16-22(32)24(25(31)28)26-29-20(17-35-26)18-9-5-4-6-10-18/h4-6,9-12,15,17,28,32H,2-3,7-8,13-14,16H2,1H3. The molecule has 2 aromatic carbocycles. The lowest BCUT2D eigenvalue weighted by Crippen LogP contribution is -2.32. The van der Waals surface area contributed by atoms with Crippen molar-refractivity contribution in [2.75, 3.05) is 31.6 Å². The van der Waals surface area contributed by atoms with Gasteiger partial charge >= 0.3 is 0 Å². The van der Waals surface area contributed by atoms with Crippen LogP contribution in [-0.4, -0.2) is 53.5 Å². The average Bonchev–Trinajstić information content (AvgIpc) is 3.36. The van der Waals surface area contributed by atoms with Crippen molar-refractivity contribution in [3.05, 3.63) is 70.2 Å². The fraction of sp³-hybridized carbons (Fsp3) is 0.296. The Morgan fingerprint density at radius 2 is 1.83 bits per heavy atom. The molecule has 1 aromatic heterocycles. The predicted molar refractivity (Wildman–Crippen MR) is 140 cm³/mol. The summed E-state index contributed by atoms with van der Waals surface area (Å²) in [6.45, 7) is 1.65. The molecule has 1 saturated heterocycles. The number of methoxy groups -OCH3 is 1. The number of amides is 1. The molecule has 3 aromatic rings. The highest BCUT2D eigenvalue weighted by molar-refractivity contribution is 7.11. The van der Waals surface area contributed by atoms with Crippen LogP contribution in [0.2, 0.25) is 0 Å². The maximum Gasteiger partial charge on any atom is 0.253 e. The zero-order valence-corrected chi connectivity index (χ0v) is 20.5. The van der Waals surface area contributed by atoms with E-state index in [1.807, 2.05) is 40.6 Å². The van der Waals surface area contributed by atoms with Gasteiger partial charge in [0, 0.05) is 29.6 Å². The molecule has 180 valence electrons. The molecule has 0 radical (unpaired) electrons. The van der Waals surface area contributed by atoms with Crippen molar-refractivity contribution in [1.82, 2.24) is 9.88 Å². The van der Waals surface area contributed by atoms with Crippen molar-refractivity contribution in [3.8, 4) is 17.0 Å². The van der Waals surface area contributed by atoms with Gasteiger partial charge in [-0.2, -0.15) is 0 Å². The summed E-state index contributed by atoms with van der Waals surface area (Å²) in [4.78, 5) is 21.5. The Bertz CT molecular complexity index is 1280. The number of aliphatic hydroxyl groups is 1. The van der Waals surface area contributed by atoms with Crippen LogP contribution in [-0.2, 0) is 0 Å². The molecule has 2 aliphatic heterocycles. The number of hydrogen-bond acceptors (Lipinski definition) is 6. The third kappa shape index (κ3) is 4.53. The van der Waals surface area contributed by atoms with E-state index in [-0.39, 0.29) is 24.0 Å². The second-order valence-corrected chi connectivity index (χ2v) is 9.61. The molecule has 35 heavy (non-hydrogen) atoms. The van der Waals surface area contributed by atoms with Gasteiger partial charge in [-0.1, -0.05) is 43.2 Å². The maximum absolute atomic E-state index is 13.2. The van der Waals surface area contributed by atoms with Gasteiger partial charge in [0.05, 0.1) is 30.6 Å². The second kappa shape index (κ2) is 9.92. The van der Waals surface area contributed by atoms with Crippen molar-refractivity contribution in [3.63, 3.8) is 0 Å². The number of aromatic nitrogens is 1. The second-order valence-electron chi connectivity index (χ2n) is 8.75. The molecule has 0 aliphatic carbocycles. The van der Waals surface area contributed by atoms with E-state index in [0.29, 0.717) is 27.6 Å². The Morgan fingerprint density at radius 1 is 1.09 bits per heavy atom. The lowest BCUT2D eigenvalue weighted by atomic mass is 10.1. The van der Waals surface area contributed by atoms with Gasteiger partial charge in [-0.15, -0.1) is 11.3 Å². The average molecular weight is 489 g/mol. The van der Waals surface area contributed by atoms with Crippen molar-refractivity contribution in [2.45, 2.75) is 25.7 Å². The van der Waals surface area contributed by atoms with Gasteiger partial charge in [-0.25, -0.2) is 4.98 Å². The summed E-state index contributed by atoms with van der Waals surface area (Å²) in [5, 5.41) is 22.2. The molecule has 0 bridgehead atoms. The number of hydrogen-bond donors (Lipinski definition) is 2. The monoisotopic (exact) mass is 488 g/mol. The maximum atomic E-state index is 13.2. The molecule has 0 saturated carbocycles. The van der Waals surface area contributed by atoms with Gasteiger partial charge in [0.1, 0.15) is 22.4 Å². The normalized spacial score (nSPS) is 16.5. The number of amidine groups is 1. The SMILES string of the molecule is COc1ccc(C(=O)N2CCCCCC2)cc1N1CC(O)=C(c2nc(-c3ccccc3)cs2)C1=N. The molecule has 0 unspecified atom stereocenters. The number of nitrogens with zero attached hydrogens (tertiary/aromatic N) is 3. The Hall–Kier alpha value is -3.65. The van der Waals surface area contributed by atoms with Gasteiger partial charge in [0.2, 0.25) is 0 Å². The minimum Gasteiger partial charge on any atom is -0.510 e. The van der Waals surface area contributed by atoms with E-state index in [1.165, 1.54) is 11.3 Å². The first-order valence-electron chi connectivity index (χ1n) is 11.8. The zero-order valence-electron chi connectivity index (χ0n) is 19.7. The highest BCUT2D eigenvalue weighted by Gasteiger charge is 2.33. The molecule has 3 heterocycles. The molecule has 0 spiro atoms. The molecule has 8 heteroatoms. The minimum absolute atomic E-state index is 0.00800. The fourth-order valence-electron chi connectivity index (χ4n) is 4.63. The van der Waals surface area contributed by atoms with Gasteiger partial charge in [-0.3, -0.25) is 10.2 Å². The first-order valence-corrected chi connectivity index (χ1v) is 12.7. The van der Waals surface area contributed by atoms with Crippen LogP contribution in [0.4, 0.5) is 5.69 Å². The van der Waals surface area contributed by atoms with E-state index in [2.05, 4.69) is 0 Å². The number of carbonyl (C=O) groups is 1. The molecule has 1 fully saturated rings. The number of ether oxygens (including phenoxy) is 1. The molecule has 5 rings (SSSR count). The number of likely N-dealkylation sites (tertiary alicyclic amines) is 1. The third-order valence-electron chi connectivity index (χ3n) is 6.50. The van der Waals surface area contributed by atoms with Crippen LogP contribution in [0.1, 0.15) is 41.0 Å². The van der Waals surface area contributed by atoms with Gasteiger partial charge in [0.25, 0.3) is 5.91 Å². The Labute approximate surface area is 208 Å². The van der Waals surface area contributed by atoms with E-state index >= 15 is 0 Å². The minimum atomic E-state index is -0.00800. The van der Waals surface area contributed by atoms with Crippen molar-refractivity contribution >= 4 is 34.3 Å². The summed E-state index contributed by atoms with van der Waals surface area (Å²) in [5.41, 5.74) is 3.34. The lowest BCUT2D eigenvalue weighted by molar-refractivity contribution is 0.0761. The van der Waals surface area contributed by atoms with E-state index < -0.39 is 0 Å². The summed E-state index contributed by atoms with van der Waals surface area (Å²) >= 11 is 1.40. The van der Waals surface area contributed by atoms with Crippen LogP contribution in [0, 0.1) is 5.41 Å². The van der Waals surface area contributed by atoms with E-state index in [9.17, 15) is 9.90 Å². The Balaban J connectivity index is 1.43. The largest absolute Gasteiger partial charge is 0.510 e. The van der Waals surface area contributed by atoms with Crippen LogP contribution in [0.15, 0.2) is 59.7 Å². The predicted octanol–water partition coefficient (Wildman–Crippen LogP) is 5.60. The van der Waals surface area contributed by atoms with Crippen LogP contribution < -0.4 is 9.64 Å². The topological polar surface area (TPSA) is 89.8 Å². The Morgan fingerprint density at radius 3 is 2.54 bits per heavy atom. The van der Waals surface area contributed by atoms with E-state index in [1.54, 1.807) is 30.2 Å². The summed E-state index contributed by atoms with van der Waals surface area (Å²) in [7, 11) is 1.57. The van der Waals surface area contributed by atoms with Crippen LogP contribution in [0.3, 0.4) is 0 Å². The molecule has 2 N–H and O–H groups in total. The molecule has 1 amide bonds. The van der Waals surface area contributed by atoms with E-state index in [4.69, 9.17) is 15.1 Å². The summed E-state index contributed by atoms with van der Waals surface area (Å²) in [5.74, 6) is 0.746. The van der Waals surface area contributed by atoms with Crippen LogP contribution in [0.5, 0.6) is 5.75 Å². The van der Waals surface area contributed by atoms with Crippen molar-refractivity contribution in [2.24, 2.45) is 0 Å². The summed E-state index contributed by atoms with van der Waals surface area (Å²) in [6.07, 6.45) is 4.34. The van der Waals surface area contributed by atoms with Crippen LogP contribution in [0.25, 0.3) is 16.8 Å². The first kappa shape index (κ1) is 23.1. The van der Waals surface area contributed by atoms with Gasteiger partial charge < -0.3 is 19.6 Å². The summed E-state index contributed by atoms with van der Waals surface area (Å²) in [6, 6.07) is 15.1. The molecule has 7 nitrogen and oxygen atoms in total. The number of rotatable bonds is 5. The highest BCUT2D eigenvalue weighted by atomic mass is 32.1. The molecule has 2 aliphatic rings. The fourth-order valence-corrected chi connectivity index (χ4v) is 5.53. The number of anilines is 1. The first-order chi connectivity index (χ1) is 17.1. The van der Waals surface area contributed by atoms with Crippen molar-refractivity contribution in [1.29, 1.82) is 5.41 Å².